The van der Waals surface area contributed by atoms with E-state index in [0.717, 1.165) is 16.4 Å². The van der Waals surface area contributed by atoms with Gasteiger partial charge in [0.2, 0.25) is 5.91 Å². The van der Waals surface area contributed by atoms with Gasteiger partial charge >= 0.3 is 0 Å². The highest BCUT2D eigenvalue weighted by Crippen LogP contribution is 2.11. The van der Waals surface area contributed by atoms with Gasteiger partial charge in [0.25, 0.3) is 5.56 Å². The van der Waals surface area contributed by atoms with Crippen LogP contribution in [0.2, 0.25) is 0 Å². The van der Waals surface area contributed by atoms with E-state index in [4.69, 9.17) is 11.7 Å². The Bertz CT molecular complexity index is 430. The fraction of sp³-hybridized carbons (Fsp3) is 0.286. The van der Waals surface area contributed by atoms with Crippen LogP contribution in [0, 0.1) is 6.92 Å². The number of hydrazine groups is 1. The molecule has 0 aliphatic heterocycles. The third-order valence-corrected chi connectivity index (χ3v) is 2.49. The maximum absolute atomic E-state index is 11.2. The predicted molar refractivity (Wildman–Crippen MR) is 56.4 cm³/mol. The van der Waals surface area contributed by atoms with Gasteiger partial charge in [0.15, 0.2) is 5.16 Å². The Morgan fingerprint density at radius 1 is 1.73 bits per heavy atom. The van der Waals surface area contributed by atoms with Gasteiger partial charge in [-0.1, -0.05) is 11.8 Å². The predicted octanol–water partition coefficient (Wildman–Crippen LogP) is -1.65. The maximum atomic E-state index is 11.2. The number of hydrogen-bond acceptors (Lipinski definition) is 6. The van der Waals surface area contributed by atoms with Crippen LogP contribution in [0.15, 0.2) is 16.0 Å². The monoisotopic (exact) mass is 229 g/mol. The SMILES string of the molecule is Cc1cc(=O)n(N)c(SCC(=O)NN)n1. The van der Waals surface area contributed by atoms with E-state index in [9.17, 15) is 9.59 Å². The first-order chi connectivity index (χ1) is 7.04. The van der Waals surface area contributed by atoms with Gasteiger partial charge in [-0.2, -0.15) is 0 Å². The average Bonchev–Trinajstić information content (AvgIpc) is 2.20. The van der Waals surface area contributed by atoms with Gasteiger partial charge in [0.05, 0.1) is 5.75 Å². The molecule has 0 saturated carbocycles. The van der Waals surface area contributed by atoms with Gasteiger partial charge in [-0.25, -0.2) is 15.5 Å². The molecule has 15 heavy (non-hydrogen) atoms. The van der Waals surface area contributed by atoms with Crippen LogP contribution in [0.3, 0.4) is 0 Å². The van der Waals surface area contributed by atoms with Gasteiger partial charge < -0.3 is 5.84 Å². The second-order valence-electron chi connectivity index (χ2n) is 2.74. The molecule has 0 aliphatic carbocycles. The third kappa shape index (κ3) is 2.96. The number of carbonyl (C=O) groups is 1. The van der Waals surface area contributed by atoms with Gasteiger partial charge in [0.1, 0.15) is 0 Å². The van der Waals surface area contributed by atoms with E-state index in [1.807, 2.05) is 5.43 Å². The molecular formula is C7H11N5O2S. The number of aryl methyl sites for hydroxylation is 1. The Morgan fingerprint density at radius 2 is 2.40 bits per heavy atom. The summed E-state index contributed by atoms with van der Waals surface area (Å²) in [5, 5.41) is 0.281. The van der Waals surface area contributed by atoms with E-state index in [-0.39, 0.29) is 22.4 Å². The molecule has 0 aromatic carbocycles. The van der Waals surface area contributed by atoms with Crippen LogP contribution in [-0.4, -0.2) is 21.3 Å². The molecule has 0 atom stereocenters. The Kier molecular flexibility index (Phi) is 3.69. The van der Waals surface area contributed by atoms with Crippen molar-refractivity contribution in [2.24, 2.45) is 5.84 Å². The minimum Gasteiger partial charge on any atom is -0.334 e. The largest absolute Gasteiger partial charge is 0.334 e. The number of aromatic nitrogens is 2. The number of nitrogens with two attached hydrogens (primary N) is 2. The summed E-state index contributed by atoms with van der Waals surface area (Å²) in [6.07, 6.45) is 0. The quantitative estimate of drug-likeness (QED) is 0.188. The van der Waals surface area contributed by atoms with E-state index in [1.165, 1.54) is 6.07 Å². The molecule has 0 bridgehead atoms. The van der Waals surface area contributed by atoms with Gasteiger partial charge in [-0.3, -0.25) is 15.0 Å². The van der Waals surface area contributed by atoms with E-state index in [2.05, 4.69) is 4.98 Å². The van der Waals surface area contributed by atoms with Crippen molar-refractivity contribution in [2.75, 3.05) is 11.6 Å². The van der Waals surface area contributed by atoms with Crippen molar-refractivity contribution in [1.29, 1.82) is 0 Å². The molecule has 0 aliphatic rings. The summed E-state index contributed by atoms with van der Waals surface area (Å²) in [6.45, 7) is 1.68. The first-order valence-electron chi connectivity index (χ1n) is 4.02. The molecule has 0 radical (unpaired) electrons. The first-order valence-corrected chi connectivity index (χ1v) is 5.01. The molecule has 1 aromatic rings. The lowest BCUT2D eigenvalue weighted by molar-refractivity contribution is -0.118. The van der Waals surface area contributed by atoms with Gasteiger partial charge in [-0.15, -0.1) is 0 Å². The molecule has 1 amide bonds. The molecule has 0 saturated heterocycles. The minimum absolute atomic E-state index is 0.0591. The van der Waals surface area contributed by atoms with Gasteiger partial charge in [-0.05, 0) is 6.92 Å². The fourth-order valence-corrected chi connectivity index (χ4v) is 1.63. The van der Waals surface area contributed by atoms with Crippen molar-refractivity contribution in [3.8, 4) is 0 Å². The number of carbonyl (C=O) groups excluding carboxylic acids is 1. The Hall–Kier alpha value is -1.54. The zero-order valence-corrected chi connectivity index (χ0v) is 8.87. The Labute approximate surface area is 89.8 Å². The highest BCUT2D eigenvalue weighted by atomic mass is 32.2. The summed E-state index contributed by atoms with van der Waals surface area (Å²) in [5.41, 5.74) is 2.16. The van der Waals surface area contributed by atoms with E-state index < -0.39 is 0 Å². The summed E-state index contributed by atoms with van der Waals surface area (Å²) in [6, 6.07) is 1.31. The van der Waals surface area contributed by atoms with Crippen LogP contribution in [0.25, 0.3) is 0 Å². The standard InChI is InChI=1S/C7H11N5O2S/c1-4-2-6(14)12(9)7(10-4)15-3-5(13)11-8/h2H,3,8-9H2,1H3,(H,11,13). The lowest BCUT2D eigenvalue weighted by Gasteiger charge is -2.05. The van der Waals surface area contributed by atoms with Crippen LogP contribution in [0.5, 0.6) is 0 Å². The molecule has 8 heteroatoms. The molecule has 1 rings (SSSR count). The van der Waals surface area contributed by atoms with Crippen molar-refractivity contribution >= 4 is 17.7 Å². The molecule has 1 heterocycles. The summed E-state index contributed by atoms with van der Waals surface area (Å²) in [5.74, 6) is 10.0. The first kappa shape index (κ1) is 11.5. The molecule has 7 nitrogen and oxygen atoms in total. The zero-order chi connectivity index (χ0) is 11.4. The maximum Gasteiger partial charge on any atom is 0.272 e. The average molecular weight is 229 g/mol. The van der Waals surface area contributed by atoms with Crippen molar-refractivity contribution < 1.29 is 4.79 Å². The van der Waals surface area contributed by atoms with E-state index in [1.54, 1.807) is 6.92 Å². The van der Waals surface area contributed by atoms with Crippen LogP contribution in [0.1, 0.15) is 5.69 Å². The highest BCUT2D eigenvalue weighted by molar-refractivity contribution is 7.99. The Morgan fingerprint density at radius 3 is 3.00 bits per heavy atom. The van der Waals surface area contributed by atoms with Crippen LogP contribution in [0.4, 0.5) is 0 Å². The third-order valence-electron chi connectivity index (χ3n) is 1.54. The molecule has 5 N–H and O–H groups in total. The summed E-state index contributed by atoms with van der Waals surface area (Å²) in [7, 11) is 0. The van der Waals surface area contributed by atoms with Crippen molar-refractivity contribution in [3.63, 3.8) is 0 Å². The number of nitrogen functional groups attached to an aromatic ring is 1. The Balaban J connectivity index is 2.85. The molecular weight excluding hydrogens is 218 g/mol. The second-order valence-corrected chi connectivity index (χ2v) is 3.69. The van der Waals surface area contributed by atoms with Crippen LogP contribution < -0.4 is 22.7 Å². The number of thioether (sulfide) groups is 1. The number of hydrogen-bond donors (Lipinski definition) is 3. The molecule has 1 aromatic heterocycles. The lowest BCUT2D eigenvalue weighted by Crippen LogP contribution is -2.33. The van der Waals surface area contributed by atoms with Gasteiger partial charge in [0, 0.05) is 11.8 Å². The molecule has 0 unspecified atom stereocenters. The molecule has 0 spiro atoms. The normalized spacial score (nSPS) is 10.0. The highest BCUT2D eigenvalue weighted by Gasteiger charge is 2.07. The number of rotatable bonds is 3. The van der Waals surface area contributed by atoms with Crippen molar-refractivity contribution in [2.45, 2.75) is 12.1 Å². The molecule has 82 valence electrons. The van der Waals surface area contributed by atoms with Crippen molar-refractivity contribution in [1.82, 2.24) is 15.1 Å². The summed E-state index contributed by atoms with van der Waals surface area (Å²) in [4.78, 5) is 26.1. The molecule has 0 fully saturated rings. The van der Waals surface area contributed by atoms with E-state index >= 15 is 0 Å². The van der Waals surface area contributed by atoms with Crippen LogP contribution in [-0.2, 0) is 4.79 Å². The topological polar surface area (TPSA) is 116 Å². The zero-order valence-electron chi connectivity index (χ0n) is 8.06. The second kappa shape index (κ2) is 4.80. The van der Waals surface area contributed by atoms with Crippen molar-refractivity contribution in [3.05, 3.63) is 22.1 Å². The number of amides is 1. The summed E-state index contributed by atoms with van der Waals surface area (Å²) < 4.78 is 0.890. The summed E-state index contributed by atoms with van der Waals surface area (Å²) >= 11 is 1.04. The van der Waals surface area contributed by atoms with E-state index in [0.29, 0.717) is 5.69 Å². The lowest BCUT2D eigenvalue weighted by atomic mass is 10.5. The number of nitrogens with zero attached hydrogens (tertiary/aromatic N) is 2. The number of nitrogens with one attached hydrogen (secondary N) is 1. The van der Waals surface area contributed by atoms with Crippen LogP contribution >= 0.6 is 11.8 Å². The fourth-order valence-electron chi connectivity index (χ4n) is 0.853. The smallest absolute Gasteiger partial charge is 0.272 e. The minimum atomic E-state index is -0.365.